The summed E-state index contributed by atoms with van der Waals surface area (Å²) in [6.45, 7) is 3.43. The predicted octanol–water partition coefficient (Wildman–Crippen LogP) is -0.380. The van der Waals surface area contributed by atoms with E-state index in [0.717, 1.165) is 0 Å². The summed E-state index contributed by atoms with van der Waals surface area (Å²) in [5.74, 6) is -0.0773. The van der Waals surface area contributed by atoms with Gasteiger partial charge >= 0.3 is 0 Å². The summed E-state index contributed by atoms with van der Waals surface area (Å²) in [7, 11) is 0. The topological polar surface area (TPSA) is 67.2 Å². The van der Waals surface area contributed by atoms with Crippen LogP contribution in [0.2, 0.25) is 0 Å². The van der Waals surface area contributed by atoms with E-state index in [2.05, 4.69) is 10.4 Å². The van der Waals surface area contributed by atoms with Crippen LogP contribution in [0.15, 0.2) is 18.5 Å². The van der Waals surface area contributed by atoms with Crippen molar-refractivity contribution in [1.29, 1.82) is 0 Å². The lowest BCUT2D eigenvalue weighted by molar-refractivity contribution is -0.142. The highest BCUT2D eigenvalue weighted by molar-refractivity contribution is 5.88. The van der Waals surface area contributed by atoms with E-state index in [1.165, 1.54) is 0 Å². The average Bonchev–Trinajstić information content (AvgIpc) is 2.82. The maximum absolute atomic E-state index is 12.0. The molecule has 2 heterocycles. The first-order valence-electron chi connectivity index (χ1n) is 5.73. The van der Waals surface area contributed by atoms with Crippen LogP contribution in [0, 0.1) is 0 Å². The van der Waals surface area contributed by atoms with Crippen molar-refractivity contribution >= 4 is 11.8 Å². The number of aromatic nitrogens is 2. The summed E-state index contributed by atoms with van der Waals surface area (Å²) < 4.78 is 1.71. The van der Waals surface area contributed by atoms with E-state index in [0.29, 0.717) is 26.1 Å². The molecule has 0 bridgehead atoms. The van der Waals surface area contributed by atoms with Crippen LogP contribution in [0.3, 0.4) is 0 Å². The van der Waals surface area contributed by atoms with Gasteiger partial charge in [-0.25, -0.2) is 0 Å². The zero-order valence-corrected chi connectivity index (χ0v) is 9.80. The Morgan fingerprint density at radius 1 is 1.65 bits per heavy atom. The van der Waals surface area contributed by atoms with Gasteiger partial charge in [0.1, 0.15) is 6.04 Å². The zero-order chi connectivity index (χ0) is 12.3. The molecule has 6 heteroatoms. The Labute approximate surface area is 99.6 Å². The first-order chi connectivity index (χ1) is 8.18. The molecule has 2 amide bonds. The molecular formula is C11H16N4O2. The van der Waals surface area contributed by atoms with Crippen molar-refractivity contribution in [3.8, 4) is 0 Å². The third kappa shape index (κ3) is 2.64. The average molecular weight is 236 g/mol. The molecule has 0 spiro atoms. The van der Waals surface area contributed by atoms with Crippen molar-refractivity contribution in [2.75, 3.05) is 13.1 Å². The maximum Gasteiger partial charge on any atom is 0.242 e. The van der Waals surface area contributed by atoms with Crippen LogP contribution >= 0.6 is 0 Å². The van der Waals surface area contributed by atoms with Crippen molar-refractivity contribution < 1.29 is 9.59 Å². The Morgan fingerprint density at radius 2 is 2.47 bits per heavy atom. The van der Waals surface area contributed by atoms with Gasteiger partial charge in [0.2, 0.25) is 11.8 Å². The van der Waals surface area contributed by atoms with Gasteiger partial charge in [-0.1, -0.05) is 0 Å². The number of carbonyl (C=O) groups excluding carboxylic acids is 2. The Kier molecular flexibility index (Phi) is 3.41. The highest BCUT2D eigenvalue weighted by Gasteiger charge is 2.28. The molecule has 1 fully saturated rings. The minimum Gasteiger partial charge on any atom is -0.353 e. The van der Waals surface area contributed by atoms with Crippen LogP contribution in [0.5, 0.6) is 0 Å². The SMILES string of the molecule is CC1C(=O)NCCN1C(=O)CCn1cccn1. The first-order valence-corrected chi connectivity index (χ1v) is 5.73. The molecule has 1 unspecified atom stereocenters. The molecule has 6 nitrogen and oxygen atoms in total. The molecule has 92 valence electrons. The lowest BCUT2D eigenvalue weighted by atomic mass is 10.2. The minimum absolute atomic E-state index is 0.00264. The fourth-order valence-electron chi connectivity index (χ4n) is 1.91. The van der Waals surface area contributed by atoms with Gasteiger partial charge in [-0.15, -0.1) is 0 Å². The molecule has 17 heavy (non-hydrogen) atoms. The standard InChI is InChI=1S/C11H16N4O2/c1-9-11(17)12-5-8-15(9)10(16)3-7-14-6-2-4-13-14/h2,4,6,9H,3,5,7-8H2,1H3,(H,12,17). The number of rotatable bonds is 3. The van der Waals surface area contributed by atoms with Crippen molar-refractivity contribution in [1.82, 2.24) is 20.0 Å². The third-order valence-electron chi connectivity index (χ3n) is 2.93. The summed E-state index contributed by atoms with van der Waals surface area (Å²) in [4.78, 5) is 25.0. The first kappa shape index (κ1) is 11.6. The van der Waals surface area contributed by atoms with Gasteiger partial charge in [0, 0.05) is 38.4 Å². The summed E-state index contributed by atoms with van der Waals surface area (Å²) >= 11 is 0. The summed E-state index contributed by atoms with van der Waals surface area (Å²) in [5, 5.41) is 6.77. The quantitative estimate of drug-likeness (QED) is 0.778. The number of aryl methyl sites for hydroxylation is 1. The van der Waals surface area contributed by atoms with Crippen LogP contribution in [0.1, 0.15) is 13.3 Å². The minimum atomic E-state index is -0.367. The van der Waals surface area contributed by atoms with Crippen LogP contribution < -0.4 is 5.32 Å². The van der Waals surface area contributed by atoms with Gasteiger partial charge in [0.25, 0.3) is 0 Å². The Morgan fingerprint density at radius 3 is 3.18 bits per heavy atom. The maximum atomic E-state index is 12.0. The molecule has 0 saturated carbocycles. The number of carbonyl (C=O) groups is 2. The number of hydrogen-bond donors (Lipinski definition) is 1. The van der Waals surface area contributed by atoms with Crippen LogP contribution in [-0.2, 0) is 16.1 Å². The van der Waals surface area contributed by atoms with E-state index in [9.17, 15) is 9.59 Å². The van der Waals surface area contributed by atoms with Gasteiger partial charge in [-0.2, -0.15) is 5.10 Å². The van der Waals surface area contributed by atoms with Crippen molar-refractivity contribution in [2.24, 2.45) is 0 Å². The number of nitrogens with zero attached hydrogens (tertiary/aromatic N) is 3. The largest absolute Gasteiger partial charge is 0.353 e. The van der Waals surface area contributed by atoms with Crippen LogP contribution in [0.25, 0.3) is 0 Å². The fourth-order valence-corrected chi connectivity index (χ4v) is 1.91. The van der Waals surface area contributed by atoms with Crippen LogP contribution in [-0.4, -0.2) is 45.6 Å². The molecule has 1 aliphatic rings. The Bertz CT molecular complexity index is 402. The lowest BCUT2D eigenvalue weighted by Gasteiger charge is -2.32. The van der Waals surface area contributed by atoms with E-state index in [-0.39, 0.29) is 17.9 Å². The Hall–Kier alpha value is -1.85. The summed E-state index contributed by atoms with van der Waals surface area (Å²) in [6, 6.07) is 1.45. The lowest BCUT2D eigenvalue weighted by Crippen LogP contribution is -2.55. The molecule has 0 aliphatic carbocycles. The van der Waals surface area contributed by atoms with Gasteiger partial charge in [-0.05, 0) is 13.0 Å². The fraction of sp³-hybridized carbons (Fsp3) is 0.545. The zero-order valence-electron chi connectivity index (χ0n) is 9.80. The number of amides is 2. The molecule has 1 N–H and O–H groups in total. The smallest absolute Gasteiger partial charge is 0.242 e. The number of piperazine rings is 1. The summed E-state index contributed by atoms with van der Waals surface area (Å²) in [6.07, 6.45) is 3.88. The van der Waals surface area contributed by atoms with Crippen molar-refractivity contribution in [3.63, 3.8) is 0 Å². The van der Waals surface area contributed by atoms with E-state index < -0.39 is 0 Å². The van der Waals surface area contributed by atoms with E-state index in [1.54, 1.807) is 22.7 Å². The van der Waals surface area contributed by atoms with E-state index in [4.69, 9.17) is 0 Å². The van der Waals surface area contributed by atoms with Crippen molar-refractivity contribution in [3.05, 3.63) is 18.5 Å². The highest BCUT2D eigenvalue weighted by Crippen LogP contribution is 2.06. The third-order valence-corrected chi connectivity index (χ3v) is 2.93. The van der Waals surface area contributed by atoms with Gasteiger partial charge in [-0.3, -0.25) is 14.3 Å². The molecule has 1 aromatic heterocycles. The second kappa shape index (κ2) is 4.99. The number of nitrogens with one attached hydrogen (secondary N) is 1. The normalized spacial score (nSPS) is 20.2. The monoisotopic (exact) mass is 236 g/mol. The van der Waals surface area contributed by atoms with E-state index in [1.807, 2.05) is 12.3 Å². The highest BCUT2D eigenvalue weighted by atomic mass is 16.2. The van der Waals surface area contributed by atoms with Crippen molar-refractivity contribution in [2.45, 2.75) is 25.9 Å². The molecule has 2 rings (SSSR count). The number of hydrogen-bond acceptors (Lipinski definition) is 3. The predicted molar refractivity (Wildman–Crippen MR) is 61.0 cm³/mol. The van der Waals surface area contributed by atoms with Crippen LogP contribution in [0.4, 0.5) is 0 Å². The van der Waals surface area contributed by atoms with Gasteiger partial charge in [0.05, 0.1) is 0 Å². The van der Waals surface area contributed by atoms with Gasteiger partial charge in [0.15, 0.2) is 0 Å². The second-order valence-corrected chi connectivity index (χ2v) is 4.07. The molecule has 0 aromatic carbocycles. The molecule has 1 aromatic rings. The molecule has 1 aliphatic heterocycles. The Balaban J connectivity index is 1.88. The molecule has 0 radical (unpaired) electrons. The molecule has 1 atom stereocenters. The summed E-state index contributed by atoms with van der Waals surface area (Å²) in [5.41, 5.74) is 0. The molecule has 1 saturated heterocycles. The van der Waals surface area contributed by atoms with E-state index >= 15 is 0 Å². The molecular weight excluding hydrogens is 220 g/mol. The second-order valence-electron chi connectivity index (χ2n) is 4.07. The van der Waals surface area contributed by atoms with Gasteiger partial charge < -0.3 is 10.2 Å².